The second-order valence-electron chi connectivity index (χ2n) is 3.88. The summed E-state index contributed by atoms with van der Waals surface area (Å²) in [6, 6.07) is 6.35. The number of hydrogen-bond acceptors (Lipinski definition) is 2. The van der Waals surface area contributed by atoms with Crippen LogP contribution in [0.2, 0.25) is 5.02 Å². The summed E-state index contributed by atoms with van der Waals surface area (Å²) in [6.45, 7) is 4.05. The summed E-state index contributed by atoms with van der Waals surface area (Å²) in [4.78, 5) is 2.31. The fraction of sp³-hybridized carbons (Fsp3) is 0.455. The van der Waals surface area contributed by atoms with Crippen LogP contribution in [0.4, 0.5) is 5.69 Å². The lowest BCUT2D eigenvalue weighted by Gasteiger charge is -2.20. The van der Waals surface area contributed by atoms with E-state index < -0.39 is 0 Å². The molecule has 0 bridgehead atoms. The average molecular weight is 211 g/mol. The topological polar surface area (TPSA) is 29.3 Å². The van der Waals surface area contributed by atoms with Crippen LogP contribution < -0.4 is 10.6 Å². The molecule has 0 saturated carbocycles. The summed E-state index contributed by atoms with van der Waals surface area (Å²) in [5.41, 5.74) is 8.26. The number of nitrogens with two attached hydrogens (primary N) is 1. The Hall–Kier alpha value is -0.730. The zero-order chi connectivity index (χ0) is 10.1. The van der Waals surface area contributed by atoms with Gasteiger partial charge in [-0.2, -0.15) is 0 Å². The predicted octanol–water partition coefficient (Wildman–Crippen LogP) is 2.19. The van der Waals surface area contributed by atoms with Gasteiger partial charge in [-0.05, 0) is 31.0 Å². The maximum Gasteiger partial charge on any atom is 0.0455 e. The first-order valence-corrected chi connectivity index (χ1v) is 5.32. The number of rotatable bonds is 1. The minimum Gasteiger partial charge on any atom is -0.370 e. The van der Waals surface area contributed by atoms with Crippen LogP contribution in [0.1, 0.15) is 12.0 Å². The van der Waals surface area contributed by atoms with Gasteiger partial charge in [-0.25, -0.2) is 0 Å². The molecular weight excluding hydrogens is 196 g/mol. The van der Waals surface area contributed by atoms with E-state index in [1.165, 1.54) is 5.69 Å². The van der Waals surface area contributed by atoms with Crippen molar-refractivity contribution in [1.29, 1.82) is 0 Å². The lowest BCUT2D eigenvalue weighted by molar-refractivity contribution is 0.752. The van der Waals surface area contributed by atoms with Gasteiger partial charge in [0.05, 0.1) is 0 Å². The molecule has 1 aliphatic rings. The quantitative estimate of drug-likeness (QED) is 0.770. The Bertz CT molecular complexity index is 338. The van der Waals surface area contributed by atoms with E-state index in [0.29, 0.717) is 6.04 Å². The highest BCUT2D eigenvalue weighted by molar-refractivity contribution is 6.31. The van der Waals surface area contributed by atoms with E-state index in [0.717, 1.165) is 30.1 Å². The summed E-state index contributed by atoms with van der Waals surface area (Å²) < 4.78 is 0. The van der Waals surface area contributed by atoms with Crippen LogP contribution in [0.15, 0.2) is 18.2 Å². The number of benzene rings is 1. The minimum absolute atomic E-state index is 0.313. The van der Waals surface area contributed by atoms with Crippen molar-refractivity contribution in [1.82, 2.24) is 0 Å². The Morgan fingerprint density at radius 3 is 2.93 bits per heavy atom. The van der Waals surface area contributed by atoms with Gasteiger partial charge in [-0.1, -0.05) is 17.7 Å². The van der Waals surface area contributed by atoms with Gasteiger partial charge in [0.15, 0.2) is 0 Å². The minimum atomic E-state index is 0.313. The van der Waals surface area contributed by atoms with Crippen molar-refractivity contribution in [2.75, 3.05) is 18.0 Å². The predicted molar refractivity (Wildman–Crippen MR) is 61.0 cm³/mol. The molecule has 0 radical (unpaired) electrons. The zero-order valence-electron chi connectivity index (χ0n) is 8.33. The number of nitrogens with zero attached hydrogens (tertiary/aromatic N) is 1. The van der Waals surface area contributed by atoms with Crippen molar-refractivity contribution >= 4 is 17.3 Å². The first-order chi connectivity index (χ1) is 6.68. The molecule has 1 aromatic rings. The normalized spacial score (nSPS) is 21.6. The van der Waals surface area contributed by atoms with E-state index in [9.17, 15) is 0 Å². The van der Waals surface area contributed by atoms with E-state index in [2.05, 4.69) is 17.9 Å². The molecule has 76 valence electrons. The van der Waals surface area contributed by atoms with Crippen molar-refractivity contribution in [3.63, 3.8) is 0 Å². The first kappa shape index (κ1) is 9.81. The molecule has 1 atom stereocenters. The van der Waals surface area contributed by atoms with E-state index in [4.69, 9.17) is 17.3 Å². The summed E-state index contributed by atoms with van der Waals surface area (Å²) in [5.74, 6) is 0. The number of hydrogen-bond donors (Lipinski definition) is 1. The zero-order valence-corrected chi connectivity index (χ0v) is 9.09. The third-order valence-electron chi connectivity index (χ3n) is 2.80. The van der Waals surface area contributed by atoms with Crippen LogP contribution in [-0.2, 0) is 0 Å². The molecule has 0 aliphatic carbocycles. The average Bonchev–Trinajstić information content (AvgIpc) is 2.57. The van der Waals surface area contributed by atoms with Gasteiger partial charge in [-0.15, -0.1) is 0 Å². The highest BCUT2D eigenvalue weighted by atomic mass is 35.5. The van der Waals surface area contributed by atoms with Crippen molar-refractivity contribution in [3.05, 3.63) is 28.8 Å². The van der Waals surface area contributed by atoms with Crippen molar-refractivity contribution in [3.8, 4) is 0 Å². The molecule has 2 N–H and O–H groups in total. The van der Waals surface area contributed by atoms with Gasteiger partial charge in [0.25, 0.3) is 0 Å². The van der Waals surface area contributed by atoms with Gasteiger partial charge >= 0.3 is 0 Å². The lowest BCUT2D eigenvalue weighted by Crippen LogP contribution is -2.26. The Morgan fingerprint density at radius 1 is 1.50 bits per heavy atom. The molecule has 14 heavy (non-hydrogen) atoms. The Labute approximate surface area is 89.7 Å². The van der Waals surface area contributed by atoms with Crippen LogP contribution in [-0.4, -0.2) is 19.1 Å². The maximum absolute atomic E-state index is 6.07. The molecule has 1 heterocycles. The standard InChI is InChI=1S/C11H15ClN2/c1-8-10(12)3-2-4-11(8)14-6-5-9(13)7-14/h2-4,9H,5-7,13H2,1H3. The largest absolute Gasteiger partial charge is 0.370 e. The highest BCUT2D eigenvalue weighted by Gasteiger charge is 2.20. The molecule has 1 aromatic carbocycles. The molecule has 0 spiro atoms. The fourth-order valence-corrected chi connectivity index (χ4v) is 2.11. The van der Waals surface area contributed by atoms with Crippen LogP contribution in [0.5, 0.6) is 0 Å². The van der Waals surface area contributed by atoms with E-state index in [1.54, 1.807) is 0 Å². The molecule has 3 heteroatoms. The van der Waals surface area contributed by atoms with Gasteiger partial charge in [0.2, 0.25) is 0 Å². The molecule has 0 amide bonds. The number of anilines is 1. The van der Waals surface area contributed by atoms with Crippen molar-refractivity contribution in [2.45, 2.75) is 19.4 Å². The molecule has 1 saturated heterocycles. The molecule has 1 fully saturated rings. The van der Waals surface area contributed by atoms with Crippen LogP contribution in [0.25, 0.3) is 0 Å². The molecule has 0 aromatic heterocycles. The van der Waals surface area contributed by atoms with Crippen molar-refractivity contribution < 1.29 is 0 Å². The fourth-order valence-electron chi connectivity index (χ4n) is 1.94. The monoisotopic (exact) mass is 210 g/mol. The van der Waals surface area contributed by atoms with Crippen LogP contribution in [0, 0.1) is 6.92 Å². The first-order valence-electron chi connectivity index (χ1n) is 4.94. The third-order valence-corrected chi connectivity index (χ3v) is 3.21. The van der Waals surface area contributed by atoms with Gasteiger partial charge in [0.1, 0.15) is 0 Å². The van der Waals surface area contributed by atoms with Crippen LogP contribution >= 0.6 is 11.6 Å². The smallest absolute Gasteiger partial charge is 0.0455 e. The Kier molecular flexibility index (Phi) is 2.66. The molecule has 2 rings (SSSR count). The Morgan fingerprint density at radius 2 is 2.29 bits per heavy atom. The number of halogens is 1. The lowest BCUT2D eigenvalue weighted by atomic mass is 10.2. The SMILES string of the molecule is Cc1c(Cl)cccc1N1CCC(N)C1. The molecular formula is C11H15ClN2. The van der Waals surface area contributed by atoms with E-state index in [1.807, 2.05) is 12.1 Å². The summed E-state index contributed by atoms with van der Waals surface area (Å²) in [5, 5.41) is 0.836. The summed E-state index contributed by atoms with van der Waals surface area (Å²) in [7, 11) is 0. The second-order valence-corrected chi connectivity index (χ2v) is 4.29. The van der Waals surface area contributed by atoms with E-state index in [-0.39, 0.29) is 0 Å². The highest BCUT2D eigenvalue weighted by Crippen LogP contribution is 2.28. The molecule has 1 aliphatic heterocycles. The molecule has 1 unspecified atom stereocenters. The van der Waals surface area contributed by atoms with Crippen molar-refractivity contribution in [2.24, 2.45) is 5.73 Å². The van der Waals surface area contributed by atoms with Gasteiger partial charge < -0.3 is 10.6 Å². The summed E-state index contributed by atoms with van der Waals surface area (Å²) >= 11 is 6.07. The molecule has 2 nitrogen and oxygen atoms in total. The van der Waals surface area contributed by atoms with Gasteiger partial charge in [-0.3, -0.25) is 0 Å². The van der Waals surface area contributed by atoms with E-state index >= 15 is 0 Å². The maximum atomic E-state index is 6.07. The van der Waals surface area contributed by atoms with Gasteiger partial charge in [0, 0.05) is 29.8 Å². The van der Waals surface area contributed by atoms with Crippen LogP contribution in [0.3, 0.4) is 0 Å². The third kappa shape index (κ3) is 1.72. The summed E-state index contributed by atoms with van der Waals surface area (Å²) in [6.07, 6.45) is 1.08. The second kappa shape index (κ2) is 3.79. The Balaban J connectivity index is 2.28.